The van der Waals surface area contributed by atoms with E-state index in [1.807, 2.05) is 0 Å². The summed E-state index contributed by atoms with van der Waals surface area (Å²) in [6.45, 7) is 0.664. The van der Waals surface area contributed by atoms with Crippen LogP contribution in [0.15, 0.2) is 60.7 Å². The highest BCUT2D eigenvalue weighted by Crippen LogP contribution is 2.33. The first-order valence-electron chi connectivity index (χ1n) is 9.41. The number of amides is 1. The van der Waals surface area contributed by atoms with Crippen molar-refractivity contribution in [3.8, 4) is 0 Å². The molecule has 0 unspecified atom stereocenters. The van der Waals surface area contributed by atoms with Crippen molar-refractivity contribution >= 4 is 15.9 Å². The molecule has 0 saturated carbocycles. The highest BCUT2D eigenvalue weighted by Gasteiger charge is 2.48. The van der Waals surface area contributed by atoms with E-state index in [0.29, 0.717) is 24.1 Å². The molecular weight excluding hydrogens is 419 g/mol. The molecule has 1 heterocycles. The minimum Gasteiger partial charge on any atom is -0.346 e. The van der Waals surface area contributed by atoms with Crippen LogP contribution in [-0.4, -0.2) is 32.4 Å². The van der Waals surface area contributed by atoms with E-state index < -0.39 is 39.6 Å². The van der Waals surface area contributed by atoms with E-state index in [1.165, 1.54) is 12.1 Å². The average molecular weight is 441 g/mol. The molecule has 3 rings (SSSR count). The Morgan fingerprint density at radius 2 is 1.50 bits per heavy atom. The van der Waals surface area contributed by atoms with Crippen LogP contribution < -0.4 is 15.4 Å². The van der Waals surface area contributed by atoms with E-state index in [4.69, 9.17) is 0 Å². The van der Waals surface area contributed by atoms with Crippen molar-refractivity contribution in [3.63, 3.8) is 0 Å². The fraction of sp³-hybridized carbons (Fsp3) is 0.350. The van der Waals surface area contributed by atoms with Crippen molar-refractivity contribution in [1.82, 2.24) is 15.4 Å². The molecule has 0 bridgehead atoms. The topological polar surface area (TPSA) is 87.3 Å². The second-order valence-electron chi connectivity index (χ2n) is 7.00. The standard InChI is InChI=1S/C20H22F3N3O3S/c21-20(22,23)30(28,29)26-18(15-10-5-2-6-11-15)17(14-8-3-1-4-9-14)25-19(27)16-12-7-13-24-16/h1-6,8-11,16-18,24,26H,7,12-13H2,(H,25,27)/t16-,17+,18+/m0/s1. The van der Waals surface area contributed by atoms with Crippen molar-refractivity contribution in [2.24, 2.45) is 0 Å². The molecule has 1 aliphatic rings. The number of benzene rings is 2. The summed E-state index contributed by atoms with van der Waals surface area (Å²) >= 11 is 0. The summed E-state index contributed by atoms with van der Waals surface area (Å²) in [4.78, 5) is 12.8. The molecule has 0 spiro atoms. The summed E-state index contributed by atoms with van der Waals surface area (Å²) in [5.41, 5.74) is -4.72. The molecule has 2 aromatic rings. The summed E-state index contributed by atoms with van der Waals surface area (Å²) in [6, 6.07) is 13.3. The molecule has 1 aliphatic heterocycles. The first-order valence-corrected chi connectivity index (χ1v) is 10.9. The van der Waals surface area contributed by atoms with Gasteiger partial charge < -0.3 is 10.6 Å². The fourth-order valence-electron chi connectivity index (χ4n) is 3.40. The lowest BCUT2D eigenvalue weighted by atomic mass is 9.93. The summed E-state index contributed by atoms with van der Waals surface area (Å²) in [5.74, 6) is -0.395. The number of carbonyl (C=O) groups is 1. The summed E-state index contributed by atoms with van der Waals surface area (Å²) < 4.78 is 65.1. The number of alkyl halides is 3. The van der Waals surface area contributed by atoms with Crippen LogP contribution in [0.5, 0.6) is 0 Å². The molecule has 1 fully saturated rings. The Morgan fingerprint density at radius 3 is 1.97 bits per heavy atom. The van der Waals surface area contributed by atoms with Crippen LogP contribution in [0.4, 0.5) is 13.2 Å². The maximum absolute atomic E-state index is 13.1. The van der Waals surface area contributed by atoms with Gasteiger partial charge in [0, 0.05) is 0 Å². The Hall–Kier alpha value is -2.43. The van der Waals surface area contributed by atoms with E-state index in [-0.39, 0.29) is 0 Å². The molecule has 1 amide bonds. The second kappa shape index (κ2) is 9.15. The minimum absolute atomic E-state index is 0.291. The SMILES string of the molecule is O=C(N[C@H](c1ccccc1)[C@H](NS(=O)(=O)C(F)(F)F)c1ccccc1)[C@@H]1CCCN1. The van der Waals surface area contributed by atoms with Crippen molar-refractivity contribution in [2.75, 3.05) is 6.54 Å². The number of halogens is 3. The lowest BCUT2D eigenvalue weighted by Gasteiger charge is -2.30. The summed E-state index contributed by atoms with van der Waals surface area (Å²) in [5, 5.41) is 5.79. The monoisotopic (exact) mass is 441 g/mol. The van der Waals surface area contributed by atoms with E-state index in [9.17, 15) is 26.4 Å². The van der Waals surface area contributed by atoms with Crippen molar-refractivity contribution in [1.29, 1.82) is 0 Å². The van der Waals surface area contributed by atoms with E-state index in [1.54, 1.807) is 53.3 Å². The molecule has 6 nitrogen and oxygen atoms in total. The zero-order valence-electron chi connectivity index (χ0n) is 15.9. The number of nitrogens with one attached hydrogen (secondary N) is 3. The molecule has 30 heavy (non-hydrogen) atoms. The van der Waals surface area contributed by atoms with Gasteiger partial charge in [0.05, 0.1) is 18.1 Å². The van der Waals surface area contributed by atoms with E-state index in [2.05, 4.69) is 10.6 Å². The number of sulfonamides is 1. The van der Waals surface area contributed by atoms with Crippen LogP contribution in [0.3, 0.4) is 0 Å². The Morgan fingerprint density at radius 1 is 0.967 bits per heavy atom. The van der Waals surface area contributed by atoms with E-state index >= 15 is 0 Å². The maximum Gasteiger partial charge on any atom is 0.511 e. The van der Waals surface area contributed by atoms with Gasteiger partial charge >= 0.3 is 15.5 Å². The van der Waals surface area contributed by atoms with Crippen LogP contribution in [0, 0.1) is 0 Å². The first-order chi connectivity index (χ1) is 14.2. The highest BCUT2D eigenvalue weighted by atomic mass is 32.2. The Balaban J connectivity index is 2.02. The molecule has 1 saturated heterocycles. The number of hydrogen-bond donors (Lipinski definition) is 3. The number of carbonyl (C=O) groups excluding carboxylic acids is 1. The zero-order valence-corrected chi connectivity index (χ0v) is 16.7. The quantitative estimate of drug-likeness (QED) is 0.617. The molecular formula is C20H22F3N3O3S. The van der Waals surface area contributed by atoms with Crippen LogP contribution >= 0.6 is 0 Å². The average Bonchev–Trinajstić information content (AvgIpc) is 3.26. The third kappa shape index (κ3) is 5.18. The molecule has 162 valence electrons. The number of rotatable bonds is 7. The molecule has 2 aromatic carbocycles. The van der Waals surface area contributed by atoms with Crippen LogP contribution in [0.1, 0.15) is 36.1 Å². The van der Waals surface area contributed by atoms with Gasteiger partial charge in [0.15, 0.2) is 0 Å². The molecule has 0 radical (unpaired) electrons. The van der Waals surface area contributed by atoms with Gasteiger partial charge in [0.1, 0.15) is 0 Å². The normalized spacial score (nSPS) is 19.2. The third-order valence-electron chi connectivity index (χ3n) is 4.91. The summed E-state index contributed by atoms with van der Waals surface area (Å²) in [7, 11) is -5.67. The van der Waals surface area contributed by atoms with Crippen molar-refractivity contribution < 1.29 is 26.4 Å². The predicted octanol–water partition coefficient (Wildman–Crippen LogP) is 2.78. The van der Waals surface area contributed by atoms with Gasteiger partial charge in [-0.1, -0.05) is 60.7 Å². The van der Waals surface area contributed by atoms with Gasteiger partial charge in [0.25, 0.3) is 0 Å². The third-order valence-corrected chi connectivity index (χ3v) is 6.09. The Bertz CT molecular complexity index is 948. The van der Waals surface area contributed by atoms with Gasteiger partial charge in [-0.3, -0.25) is 4.79 Å². The maximum atomic E-state index is 13.1. The molecule has 3 atom stereocenters. The van der Waals surface area contributed by atoms with Gasteiger partial charge in [0.2, 0.25) is 5.91 Å². The highest BCUT2D eigenvalue weighted by molar-refractivity contribution is 7.90. The molecule has 0 aliphatic carbocycles. The lowest BCUT2D eigenvalue weighted by Crippen LogP contribution is -2.48. The Labute approximate surface area is 172 Å². The molecule has 10 heteroatoms. The molecule has 3 N–H and O–H groups in total. The largest absolute Gasteiger partial charge is 0.511 e. The lowest BCUT2D eigenvalue weighted by molar-refractivity contribution is -0.123. The second-order valence-corrected chi connectivity index (χ2v) is 8.71. The van der Waals surface area contributed by atoms with Crippen molar-refractivity contribution in [3.05, 3.63) is 71.8 Å². The summed E-state index contributed by atoms with van der Waals surface area (Å²) in [6.07, 6.45) is 1.40. The van der Waals surface area contributed by atoms with Gasteiger partial charge in [-0.05, 0) is 30.5 Å². The van der Waals surface area contributed by atoms with E-state index in [0.717, 1.165) is 6.42 Å². The van der Waals surface area contributed by atoms with Crippen LogP contribution in [-0.2, 0) is 14.8 Å². The molecule has 0 aromatic heterocycles. The Kier molecular flexibility index (Phi) is 6.79. The predicted molar refractivity (Wildman–Crippen MR) is 106 cm³/mol. The van der Waals surface area contributed by atoms with Crippen LogP contribution in [0.2, 0.25) is 0 Å². The van der Waals surface area contributed by atoms with Crippen LogP contribution in [0.25, 0.3) is 0 Å². The smallest absolute Gasteiger partial charge is 0.346 e. The van der Waals surface area contributed by atoms with Gasteiger partial charge in [-0.25, -0.2) is 8.42 Å². The van der Waals surface area contributed by atoms with Gasteiger partial charge in [-0.15, -0.1) is 0 Å². The van der Waals surface area contributed by atoms with Gasteiger partial charge in [-0.2, -0.15) is 17.9 Å². The number of hydrogen-bond acceptors (Lipinski definition) is 4. The van der Waals surface area contributed by atoms with Crippen molar-refractivity contribution in [2.45, 2.75) is 36.5 Å². The minimum atomic E-state index is -5.67. The zero-order chi connectivity index (χ0) is 21.8. The fourth-order valence-corrected chi connectivity index (χ4v) is 4.14. The first kappa shape index (κ1) is 22.3.